The van der Waals surface area contributed by atoms with E-state index >= 15 is 0 Å². The third kappa shape index (κ3) is 3.28. The second kappa shape index (κ2) is 4.87. The summed E-state index contributed by atoms with van der Waals surface area (Å²) in [5, 5.41) is 2.82. The van der Waals surface area contributed by atoms with Crippen molar-refractivity contribution in [3.8, 4) is 0 Å². The van der Waals surface area contributed by atoms with Crippen molar-refractivity contribution in [2.75, 3.05) is 0 Å². The molecule has 0 aliphatic heterocycles. The van der Waals surface area contributed by atoms with Crippen LogP contribution in [0.3, 0.4) is 0 Å². The lowest BCUT2D eigenvalue weighted by atomic mass is 9.91. The van der Waals surface area contributed by atoms with Gasteiger partial charge in [-0.05, 0) is 50.8 Å². The number of nitrogens with one attached hydrogen (secondary N) is 1. The molecule has 0 unspecified atom stereocenters. The van der Waals surface area contributed by atoms with Crippen LogP contribution in [0.2, 0.25) is 0 Å². The Morgan fingerprint density at radius 3 is 2.79 bits per heavy atom. The maximum absolute atomic E-state index is 13.8. The fourth-order valence-corrected chi connectivity index (χ4v) is 2.42. The van der Waals surface area contributed by atoms with Crippen molar-refractivity contribution in [3.05, 3.63) is 29.1 Å². The number of benzene rings is 1. The molecule has 0 saturated carbocycles. The summed E-state index contributed by atoms with van der Waals surface area (Å²) in [7, 11) is 1.85. The minimum atomic E-state index is -0.524. The first kappa shape index (κ1) is 13.9. The smallest absolute Gasteiger partial charge is 0.408 e. The Morgan fingerprint density at radius 2 is 2.16 bits per heavy atom. The summed E-state index contributed by atoms with van der Waals surface area (Å²) in [5.74, 6) is -0.177. The Bertz CT molecular complexity index is 511. The van der Waals surface area contributed by atoms with E-state index in [0.29, 0.717) is 12.0 Å². The highest BCUT2D eigenvalue weighted by Gasteiger charge is 2.28. The van der Waals surface area contributed by atoms with Crippen LogP contribution in [0.25, 0.3) is 0 Å². The van der Waals surface area contributed by atoms with E-state index in [-0.39, 0.29) is 11.9 Å². The first-order valence-electron chi connectivity index (χ1n) is 6.55. The molecule has 1 aromatic carbocycles. The van der Waals surface area contributed by atoms with Crippen LogP contribution >= 0.6 is 0 Å². The largest absolute Gasteiger partial charge is 0.444 e. The van der Waals surface area contributed by atoms with Gasteiger partial charge in [0.25, 0.3) is 0 Å². The Labute approximate surface area is 113 Å². The number of ether oxygens (including phenoxy) is 1. The Balaban J connectivity index is 2.13. The zero-order valence-corrected chi connectivity index (χ0v) is 11.8. The lowest BCUT2D eigenvalue weighted by Gasteiger charge is -2.22. The predicted molar refractivity (Wildman–Crippen MR) is 75.0 cm³/mol. The molecule has 0 bridgehead atoms. The molecule has 1 aromatic rings. The number of hydrogen-bond acceptors (Lipinski definition) is 2. The van der Waals surface area contributed by atoms with Gasteiger partial charge in [0.15, 0.2) is 0 Å². The molecule has 0 radical (unpaired) electrons. The fourth-order valence-electron chi connectivity index (χ4n) is 2.42. The molecule has 1 N–H and O–H groups in total. The van der Waals surface area contributed by atoms with Gasteiger partial charge in [0.1, 0.15) is 19.3 Å². The molecule has 5 heteroatoms. The van der Waals surface area contributed by atoms with Crippen molar-refractivity contribution in [2.45, 2.75) is 45.3 Å². The number of fused-ring (bicyclic) bond motifs is 1. The van der Waals surface area contributed by atoms with Crippen LogP contribution in [-0.2, 0) is 11.2 Å². The van der Waals surface area contributed by atoms with Crippen LogP contribution in [0.5, 0.6) is 0 Å². The highest BCUT2D eigenvalue weighted by atomic mass is 19.1. The van der Waals surface area contributed by atoms with Crippen molar-refractivity contribution in [3.63, 3.8) is 0 Å². The zero-order chi connectivity index (χ0) is 14.2. The van der Waals surface area contributed by atoms with Gasteiger partial charge in [0, 0.05) is 0 Å². The summed E-state index contributed by atoms with van der Waals surface area (Å²) in [4.78, 5) is 11.8. The summed E-state index contributed by atoms with van der Waals surface area (Å²) in [6.07, 6.45) is 0.920. The first-order valence-corrected chi connectivity index (χ1v) is 6.55. The standard InChI is InChI=1S/C14H19BFNO2/c1-14(2,3)19-13(18)17-12-5-4-9-10(12)6-8(15)7-11(9)16/h6-7,12H,4-5,15H2,1-3H3,(H,17,18)/t12-/m1/s1. The number of carbonyl (C=O) groups excluding carboxylic acids is 1. The second-order valence-electron chi connectivity index (χ2n) is 6.05. The first-order chi connectivity index (χ1) is 8.76. The molecular weight excluding hydrogens is 244 g/mol. The average molecular weight is 263 g/mol. The monoisotopic (exact) mass is 263 g/mol. The molecule has 0 aromatic heterocycles. The van der Waals surface area contributed by atoms with Crippen LogP contribution in [0.1, 0.15) is 44.4 Å². The maximum Gasteiger partial charge on any atom is 0.408 e. The molecule has 1 atom stereocenters. The van der Waals surface area contributed by atoms with Crippen LogP contribution in [-0.4, -0.2) is 19.5 Å². The minimum Gasteiger partial charge on any atom is -0.444 e. The highest BCUT2D eigenvalue weighted by molar-refractivity contribution is 6.32. The second-order valence-corrected chi connectivity index (χ2v) is 6.05. The Hall–Kier alpha value is -1.52. The number of rotatable bonds is 1. The maximum atomic E-state index is 13.8. The molecule has 0 saturated heterocycles. The van der Waals surface area contributed by atoms with Crippen molar-refractivity contribution in [2.24, 2.45) is 0 Å². The third-order valence-corrected chi connectivity index (χ3v) is 3.12. The van der Waals surface area contributed by atoms with Crippen LogP contribution < -0.4 is 10.8 Å². The van der Waals surface area contributed by atoms with Crippen LogP contribution in [0.15, 0.2) is 12.1 Å². The van der Waals surface area contributed by atoms with Gasteiger partial charge in [-0.25, -0.2) is 9.18 Å². The molecule has 102 valence electrons. The molecule has 19 heavy (non-hydrogen) atoms. The normalized spacial score (nSPS) is 18.0. The number of amides is 1. The topological polar surface area (TPSA) is 38.3 Å². The summed E-state index contributed by atoms with van der Waals surface area (Å²) < 4.78 is 19.0. The zero-order valence-electron chi connectivity index (χ0n) is 11.8. The van der Waals surface area contributed by atoms with Crippen molar-refractivity contribution in [1.29, 1.82) is 0 Å². The van der Waals surface area contributed by atoms with Gasteiger partial charge in [-0.15, -0.1) is 0 Å². The van der Waals surface area contributed by atoms with E-state index in [1.807, 2.05) is 34.7 Å². The Morgan fingerprint density at radius 1 is 1.47 bits per heavy atom. The Kier molecular flexibility index (Phi) is 3.57. The van der Waals surface area contributed by atoms with Crippen molar-refractivity contribution in [1.82, 2.24) is 5.32 Å². The van der Waals surface area contributed by atoms with Crippen molar-refractivity contribution >= 4 is 19.4 Å². The van der Waals surface area contributed by atoms with Gasteiger partial charge >= 0.3 is 6.09 Å². The van der Waals surface area contributed by atoms with E-state index in [9.17, 15) is 9.18 Å². The summed E-state index contributed by atoms with van der Waals surface area (Å²) in [6.45, 7) is 5.46. The van der Waals surface area contributed by atoms with Gasteiger partial charge in [-0.2, -0.15) is 0 Å². The minimum absolute atomic E-state index is 0.153. The average Bonchev–Trinajstić information content (AvgIpc) is 2.58. The predicted octanol–water partition coefficient (Wildman–Crippen LogP) is 1.60. The molecule has 0 fully saturated rings. The molecule has 1 aliphatic rings. The van der Waals surface area contributed by atoms with E-state index in [1.54, 1.807) is 0 Å². The van der Waals surface area contributed by atoms with Gasteiger partial charge in [-0.3, -0.25) is 0 Å². The SMILES string of the molecule is Bc1cc(F)c2c(c1)[C@H](NC(=O)OC(C)(C)C)CC2. The number of carbonyl (C=O) groups is 1. The molecule has 3 nitrogen and oxygen atoms in total. The van der Waals surface area contributed by atoms with E-state index in [2.05, 4.69) is 5.32 Å². The number of halogens is 1. The van der Waals surface area contributed by atoms with E-state index in [0.717, 1.165) is 17.4 Å². The van der Waals surface area contributed by atoms with Crippen LogP contribution in [0.4, 0.5) is 9.18 Å². The fraction of sp³-hybridized carbons (Fsp3) is 0.500. The van der Waals surface area contributed by atoms with Crippen molar-refractivity contribution < 1.29 is 13.9 Å². The van der Waals surface area contributed by atoms with E-state index in [4.69, 9.17) is 4.74 Å². The number of alkyl carbamates (subject to hydrolysis) is 1. The van der Waals surface area contributed by atoms with Gasteiger partial charge in [-0.1, -0.05) is 11.5 Å². The lowest BCUT2D eigenvalue weighted by molar-refractivity contribution is 0.0503. The summed E-state index contributed by atoms with van der Waals surface area (Å²) in [6, 6.07) is 3.32. The summed E-state index contributed by atoms with van der Waals surface area (Å²) >= 11 is 0. The summed E-state index contributed by atoms with van der Waals surface area (Å²) in [5.41, 5.74) is 1.94. The molecule has 1 aliphatic carbocycles. The van der Waals surface area contributed by atoms with Gasteiger partial charge < -0.3 is 10.1 Å². The molecule has 1 amide bonds. The van der Waals surface area contributed by atoms with E-state index < -0.39 is 11.7 Å². The molecule has 2 rings (SSSR count). The third-order valence-electron chi connectivity index (χ3n) is 3.12. The van der Waals surface area contributed by atoms with E-state index in [1.165, 1.54) is 6.07 Å². The lowest BCUT2D eigenvalue weighted by Crippen LogP contribution is -2.34. The van der Waals surface area contributed by atoms with Crippen LogP contribution in [0, 0.1) is 5.82 Å². The molecule has 0 spiro atoms. The number of hydrogen-bond donors (Lipinski definition) is 1. The highest BCUT2D eigenvalue weighted by Crippen LogP contribution is 2.32. The molecule has 0 heterocycles. The quantitative estimate of drug-likeness (QED) is 0.781. The van der Waals surface area contributed by atoms with Gasteiger partial charge in [0.2, 0.25) is 0 Å². The van der Waals surface area contributed by atoms with Gasteiger partial charge in [0.05, 0.1) is 6.04 Å². The molecular formula is C14H19BFNO2.